The summed E-state index contributed by atoms with van der Waals surface area (Å²) in [6, 6.07) is 8.95. The number of carbonyl (C=O) groups excluding carboxylic acids is 1. The number of nitrogens with two attached hydrogens (primary N) is 1. The Bertz CT molecular complexity index is 821. The number of methoxy groups -OCH3 is 1. The van der Waals surface area contributed by atoms with E-state index in [9.17, 15) is 4.79 Å². The third kappa shape index (κ3) is 2.18. The van der Waals surface area contributed by atoms with E-state index in [-0.39, 0.29) is 5.69 Å². The van der Waals surface area contributed by atoms with Gasteiger partial charge in [0.05, 0.1) is 12.6 Å². The zero-order valence-electron chi connectivity index (χ0n) is 11.6. The van der Waals surface area contributed by atoms with Crippen LogP contribution in [0.15, 0.2) is 30.3 Å². The molecule has 21 heavy (non-hydrogen) atoms. The van der Waals surface area contributed by atoms with Crippen LogP contribution < -0.4 is 5.73 Å². The first-order valence-corrected chi connectivity index (χ1v) is 6.25. The summed E-state index contributed by atoms with van der Waals surface area (Å²) >= 11 is 0. The topological polar surface area (TPSA) is 95.9 Å². The molecule has 3 aromatic rings. The van der Waals surface area contributed by atoms with Crippen LogP contribution in [0.5, 0.6) is 0 Å². The lowest BCUT2D eigenvalue weighted by molar-refractivity contribution is 0.0594. The molecule has 2 aromatic heterocycles. The van der Waals surface area contributed by atoms with Crippen molar-refractivity contribution in [2.24, 2.45) is 7.05 Å². The number of carbonyl (C=O) groups is 1. The maximum absolute atomic E-state index is 11.5. The minimum absolute atomic E-state index is 0.260. The van der Waals surface area contributed by atoms with E-state index in [0.717, 1.165) is 10.9 Å². The van der Waals surface area contributed by atoms with Gasteiger partial charge in [-0.1, -0.05) is 12.1 Å². The molecular weight excluding hydrogens is 270 g/mol. The fraction of sp³-hybridized carbons (Fsp3) is 0.143. The van der Waals surface area contributed by atoms with Crippen LogP contribution in [0.25, 0.3) is 22.3 Å². The van der Waals surface area contributed by atoms with E-state index in [2.05, 4.69) is 19.8 Å². The van der Waals surface area contributed by atoms with Crippen molar-refractivity contribution in [1.29, 1.82) is 0 Å². The molecule has 2 heterocycles. The molecule has 0 amide bonds. The number of nitrogens with zero attached hydrogens (tertiary/aromatic N) is 4. The van der Waals surface area contributed by atoms with Crippen LogP contribution >= 0.6 is 0 Å². The number of fused-ring (bicyclic) bond motifs is 1. The zero-order chi connectivity index (χ0) is 15.0. The maximum atomic E-state index is 11.5. The summed E-state index contributed by atoms with van der Waals surface area (Å²) in [6.45, 7) is 0. The minimum Gasteiger partial charge on any atom is -0.464 e. The summed E-state index contributed by atoms with van der Waals surface area (Å²) in [5.41, 5.74) is 7.45. The first-order chi connectivity index (χ1) is 10.1. The molecule has 2 N–H and O–H groups in total. The summed E-state index contributed by atoms with van der Waals surface area (Å²) in [4.78, 5) is 20.0. The van der Waals surface area contributed by atoms with Crippen LogP contribution in [-0.4, -0.2) is 32.8 Å². The number of hydrogen-bond donors (Lipinski definition) is 1. The molecule has 0 fully saturated rings. The van der Waals surface area contributed by atoms with Crippen molar-refractivity contribution < 1.29 is 9.53 Å². The second kappa shape index (κ2) is 4.86. The summed E-state index contributed by atoms with van der Waals surface area (Å²) in [7, 11) is 3.05. The Hall–Kier alpha value is -2.96. The van der Waals surface area contributed by atoms with Gasteiger partial charge in [-0.3, -0.25) is 0 Å². The van der Waals surface area contributed by atoms with Crippen molar-refractivity contribution in [3.63, 3.8) is 0 Å². The maximum Gasteiger partial charge on any atom is 0.356 e. The van der Waals surface area contributed by atoms with Crippen LogP contribution in [-0.2, 0) is 11.8 Å². The normalized spacial score (nSPS) is 10.8. The highest BCUT2D eigenvalue weighted by Crippen LogP contribution is 2.26. The van der Waals surface area contributed by atoms with Gasteiger partial charge >= 0.3 is 5.97 Å². The predicted molar refractivity (Wildman–Crippen MR) is 77.5 cm³/mol. The molecule has 3 rings (SSSR count). The highest BCUT2D eigenvalue weighted by atomic mass is 16.5. The lowest BCUT2D eigenvalue weighted by Gasteiger charge is -2.04. The second-order valence-corrected chi connectivity index (χ2v) is 4.48. The highest BCUT2D eigenvalue weighted by Gasteiger charge is 2.13. The molecule has 0 aliphatic carbocycles. The van der Waals surface area contributed by atoms with Gasteiger partial charge in [0.2, 0.25) is 5.95 Å². The Morgan fingerprint density at radius 3 is 2.71 bits per heavy atom. The SMILES string of the molecule is COC(=O)c1ccc2c(-c3nc(N)n(C)n3)cccc2n1. The van der Waals surface area contributed by atoms with Gasteiger partial charge in [-0.15, -0.1) is 5.10 Å². The second-order valence-electron chi connectivity index (χ2n) is 4.48. The van der Waals surface area contributed by atoms with Crippen molar-refractivity contribution >= 4 is 22.8 Å². The van der Waals surface area contributed by atoms with Crippen molar-refractivity contribution in [3.05, 3.63) is 36.0 Å². The number of aryl methyl sites for hydroxylation is 1. The van der Waals surface area contributed by atoms with Crippen LogP contribution in [0.4, 0.5) is 5.95 Å². The summed E-state index contributed by atoms with van der Waals surface area (Å²) in [6.07, 6.45) is 0. The average molecular weight is 283 g/mol. The number of rotatable bonds is 2. The van der Waals surface area contributed by atoms with E-state index in [0.29, 0.717) is 17.3 Å². The molecule has 0 atom stereocenters. The van der Waals surface area contributed by atoms with Gasteiger partial charge in [-0.2, -0.15) is 4.98 Å². The molecule has 0 radical (unpaired) electrons. The van der Waals surface area contributed by atoms with E-state index < -0.39 is 5.97 Å². The van der Waals surface area contributed by atoms with E-state index in [1.54, 1.807) is 19.2 Å². The zero-order valence-corrected chi connectivity index (χ0v) is 11.6. The van der Waals surface area contributed by atoms with Crippen molar-refractivity contribution in [1.82, 2.24) is 19.7 Å². The van der Waals surface area contributed by atoms with Crippen molar-refractivity contribution in [3.8, 4) is 11.4 Å². The van der Waals surface area contributed by atoms with Crippen molar-refractivity contribution in [2.45, 2.75) is 0 Å². The van der Waals surface area contributed by atoms with Crippen LogP contribution in [0.2, 0.25) is 0 Å². The number of pyridine rings is 1. The van der Waals surface area contributed by atoms with Crippen LogP contribution in [0.3, 0.4) is 0 Å². The third-order valence-electron chi connectivity index (χ3n) is 3.16. The Morgan fingerprint density at radius 1 is 1.24 bits per heavy atom. The highest BCUT2D eigenvalue weighted by molar-refractivity contribution is 5.96. The third-order valence-corrected chi connectivity index (χ3v) is 3.16. The molecule has 0 spiro atoms. The lowest BCUT2D eigenvalue weighted by atomic mass is 10.1. The van der Waals surface area contributed by atoms with E-state index >= 15 is 0 Å². The molecule has 7 heteroatoms. The minimum atomic E-state index is -0.470. The Kier molecular flexibility index (Phi) is 3.02. The summed E-state index contributed by atoms with van der Waals surface area (Å²) in [5, 5.41) is 5.11. The molecule has 1 aromatic carbocycles. The molecule has 7 nitrogen and oxygen atoms in total. The van der Waals surface area contributed by atoms with Crippen molar-refractivity contribution in [2.75, 3.05) is 12.8 Å². The van der Waals surface area contributed by atoms with Gasteiger partial charge in [0.15, 0.2) is 5.82 Å². The van der Waals surface area contributed by atoms with Gasteiger partial charge < -0.3 is 10.5 Å². The first-order valence-electron chi connectivity index (χ1n) is 6.25. The number of nitrogen functional groups attached to an aromatic ring is 1. The molecule has 106 valence electrons. The van der Waals surface area contributed by atoms with E-state index in [1.165, 1.54) is 11.8 Å². The van der Waals surface area contributed by atoms with E-state index in [1.807, 2.05) is 18.2 Å². The molecular formula is C14H13N5O2. The molecule has 0 aliphatic rings. The number of aromatic nitrogens is 4. The smallest absolute Gasteiger partial charge is 0.356 e. The fourth-order valence-corrected chi connectivity index (χ4v) is 2.08. The molecule has 0 saturated heterocycles. The predicted octanol–water partition coefficient (Wildman–Crippen LogP) is 1.40. The van der Waals surface area contributed by atoms with Gasteiger partial charge in [-0.05, 0) is 18.2 Å². The van der Waals surface area contributed by atoms with Crippen LogP contribution in [0.1, 0.15) is 10.5 Å². The van der Waals surface area contributed by atoms with Crippen LogP contribution in [0, 0.1) is 0 Å². The number of hydrogen-bond acceptors (Lipinski definition) is 6. The Labute approximate surface area is 120 Å². The number of ether oxygens (including phenoxy) is 1. The number of esters is 1. The summed E-state index contributed by atoms with van der Waals surface area (Å²) in [5.74, 6) is 0.386. The van der Waals surface area contributed by atoms with Gasteiger partial charge in [0.1, 0.15) is 5.69 Å². The quantitative estimate of drug-likeness (QED) is 0.714. The average Bonchev–Trinajstić information content (AvgIpc) is 2.84. The molecule has 0 unspecified atom stereocenters. The van der Waals surface area contributed by atoms with Gasteiger partial charge in [-0.25, -0.2) is 14.5 Å². The lowest BCUT2D eigenvalue weighted by Crippen LogP contribution is -2.04. The standard InChI is InChI=1S/C14H13N5O2/c1-19-14(15)17-12(18-19)9-4-3-5-10-8(9)6-7-11(16-10)13(20)21-2/h3-7H,1-2H3,(H2,15,17,18). The molecule has 0 bridgehead atoms. The Balaban J connectivity index is 2.18. The monoisotopic (exact) mass is 283 g/mol. The summed E-state index contributed by atoms with van der Waals surface area (Å²) < 4.78 is 6.18. The molecule has 0 saturated carbocycles. The molecule has 0 aliphatic heterocycles. The first kappa shape index (κ1) is 13.0. The number of anilines is 1. The van der Waals surface area contributed by atoms with E-state index in [4.69, 9.17) is 5.73 Å². The fourth-order valence-electron chi connectivity index (χ4n) is 2.08. The number of benzene rings is 1. The van der Waals surface area contributed by atoms with Gasteiger partial charge in [0.25, 0.3) is 0 Å². The largest absolute Gasteiger partial charge is 0.464 e. The van der Waals surface area contributed by atoms with Gasteiger partial charge in [0, 0.05) is 18.0 Å². The Morgan fingerprint density at radius 2 is 2.05 bits per heavy atom.